The van der Waals surface area contributed by atoms with Crippen LogP contribution in [0.4, 0.5) is 11.4 Å². The summed E-state index contributed by atoms with van der Waals surface area (Å²) in [7, 11) is 0. The highest BCUT2D eigenvalue weighted by molar-refractivity contribution is 5.82. The van der Waals surface area contributed by atoms with Crippen molar-refractivity contribution < 1.29 is 0 Å². The first-order valence-electron chi connectivity index (χ1n) is 8.95. The minimum atomic E-state index is 0.786. The normalized spacial score (nSPS) is 13.8. The van der Waals surface area contributed by atoms with Crippen LogP contribution in [0.1, 0.15) is 12.8 Å². The Morgan fingerprint density at radius 3 is 2.62 bits per heavy atom. The molecular formula is C21H19N5. The zero-order valence-corrected chi connectivity index (χ0v) is 14.3. The first-order valence-corrected chi connectivity index (χ1v) is 8.95. The number of benzene rings is 2. The minimum absolute atomic E-state index is 0.786. The molecule has 2 aromatic carbocycles. The first kappa shape index (κ1) is 15.1. The predicted molar refractivity (Wildman–Crippen MR) is 103 cm³/mol. The van der Waals surface area contributed by atoms with Crippen molar-refractivity contribution >= 4 is 22.4 Å². The summed E-state index contributed by atoms with van der Waals surface area (Å²) in [5.41, 5.74) is 5.96. The molecule has 0 saturated heterocycles. The number of H-pyrrole nitrogens is 1. The Hall–Kier alpha value is -3.21. The van der Waals surface area contributed by atoms with Crippen molar-refractivity contribution in [1.82, 2.24) is 20.2 Å². The molecule has 1 N–H and O–H groups in total. The van der Waals surface area contributed by atoms with Gasteiger partial charge < -0.3 is 4.90 Å². The van der Waals surface area contributed by atoms with Gasteiger partial charge in [0.1, 0.15) is 0 Å². The van der Waals surface area contributed by atoms with Gasteiger partial charge in [-0.05, 0) is 49.1 Å². The summed E-state index contributed by atoms with van der Waals surface area (Å²) in [6.07, 6.45) is 8.04. The number of rotatable bonds is 5. The summed E-state index contributed by atoms with van der Waals surface area (Å²) >= 11 is 0. The molecule has 5 heteroatoms. The largest absolute Gasteiger partial charge is 0.341 e. The third-order valence-electron chi connectivity index (χ3n) is 4.84. The fourth-order valence-electron chi connectivity index (χ4n) is 3.22. The molecule has 0 unspecified atom stereocenters. The van der Waals surface area contributed by atoms with Gasteiger partial charge in [0.05, 0.1) is 29.1 Å². The molecule has 4 aromatic rings. The number of aromatic nitrogens is 4. The summed E-state index contributed by atoms with van der Waals surface area (Å²) in [5.74, 6) is 0.786. The van der Waals surface area contributed by atoms with E-state index in [0.29, 0.717) is 0 Å². The summed E-state index contributed by atoms with van der Waals surface area (Å²) < 4.78 is 0. The Morgan fingerprint density at radius 2 is 1.85 bits per heavy atom. The second-order valence-corrected chi connectivity index (χ2v) is 6.80. The molecule has 2 aromatic heterocycles. The number of anilines is 2. The van der Waals surface area contributed by atoms with Gasteiger partial charge >= 0.3 is 0 Å². The SMILES string of the molecule is c1ccc(N(CC2CC2)c2ccc3ncc(-c4cn[nH]c4)nc3c2)cc1. The molecule has 1 fully saturated rings. The zero-order valence-electron chi connectivity index (χ0n) is 14.3. The van der Waals surface area contributed by atoms with Crippen LogP contribution >= 0.6 is 0 Å². The van der Waals surface area contributed by atoms with Crippen molar-refractivity contribution in [2.24, 2.45) is 5.92 Å². The summed E-state index contributed by atoms with van der Waals surface area (Å²) in [5, 5.41) is 6.83. The van der Waals surface area contributed by atoms with E-state index in [1.54, 1.807) is 12.4 Å². The van der Waals surface area contributed by atoms with Crippen LogP contribution in [0.5, 0.6) is 0 Å². The molecule has 5 nitrogen and oxygen atoms in total. The molecule has 0 atom stereocenters. The van der Waals surface area contributed by atoms with Gasteiger partial charge in [0, 0.05) is 29.7 Å². The molecule has 2 heterocycles. The highest BCUT2D eigenvalue weighted by Gasteiger charge is 2.25. The summed E-state index contributed by atoms with van der Waals surface area (Å²) in [4.78, 5) is 11.8. The highest BCUT2D eigenvalue weighted by Crippen LogP contribution is 2.36. The van der Waals surface area contributed by atoms with Crippen LogP contribution in [-0.2, 0) is 0 Å². The first-order chi connectivity index (χ1) is 12.9. The van der Waals surface area contributed by atoms with E-state index in [-0.39, 0.29) is 0 Å². The fourth-order valence-corrected chi connectivity index (χ4v) is 3.22. The predicted octanol–water partition coefficient (Wildman–Crippen LogP) is 4.57. The van der Waals surface area contributed by atoms with Crippen LogP contribution in [-0.4, -0.2) is 26.7 Å². The lowest BCUT2D eigenvalue weighted by Gasteiger charge is -2.25. The van der Waals surface area contributed by atoms with Gasteiger partial charge in [0.25, 0.3) is 0 Å². The lowest BCUT2D eigenvalue weighted by molar-refractivity contribution is 0.814. The van der Waals surface area contributed by atoms with Crippen LogP contribution in [0.15, 0.2) is 67.1 Å². The second-order valence-electron chi connectivity index (χ2n) is 6.80. The standard InChI is InChI=1S/C21H19N5/c1-2-4-17(5-3-1)26(14-15-6-7-15)18-8-9-19-20(10-18)25-21(13-22-19)16-11-23-24-12-16/h1-5,8-13,15H,6-7,14H2,(H,23,24). The zero-order chi connectivity index (χ0) is 17.3. The number of aromatic amines is 1. The Labute approximate surface area is 151 Å². The Bertz CT molecular complexity index is 1020. The Morgan fingerprint density at radius 1 is 0.962 bits per heavy atom. The average Bonchev–Trinajstić information content (AvgIpc) is 3.35. The Balaban J connectivity index is 1.57. The van der Waals surface area contributed by atoms with Crippen molar-refractivity contribution in [2.45, 2.75) is 12.8 Å². The molecule has 5 rings (SSSR count). The summed E-state index contributed by atoms with van der Waals surface area (Å²) in [6, 6.07) is 16.9. The fraction of sp³-hybridized carbons (Fsp3) is 0.190. The van der Waals surface area contributed by atoms with E-state index in [2.05, 4.69) is 68.6 Å². The number of hydrogen-bond acceptors (Lipinski definition) is 4. The lowest BCUT2D eigenvalue weighted by atomic mass is 10.2. The van der Waals surface area contributed by atoms with Crippen LogP contribution < -0.4 is 4.90 Å². The van der Waals surface area contributed by atoms with E-state index >= 15 is 0 Å². The summed E-state index contributed by atoms with van der Waals surface area (Å²) in [6.45, 7) is 1.05. The molecule has 0 bridgehead atoms. The molecule has 0 amide bonds. The third kappa shape index (κ3) is 2.92. The number of hydrogen-bond donors (Lipinski definition) is 1. The average molecular weight is 341 g/mol. The van der Waals surface area contributed by atoms with Crippen molar-refractivity contribution in [1.29, 1.82) is 0 Å². The van der Waals surface area contributed by atoms with Crippen LogP contribution in [0.25, 0.3) is 22.3 Å². The van der Waals surface area contributed by atoms with Crippen LogP contribution in [0, 0.1) is 5.92 Å². The number of nitrogens with zero attached hydrogens (tertiary/aromatic N) is 4. The van der Waals surface area contributed by atoms with Crippen LogP contribution in [0.2, 0.25) is 0 Å². The van der Waals surface area contributed by atoms with Gasteiger partial charge in [-0.2, -0.15) is 5.10 Å². The quantitative estimate of drug-likeness (QED) is 0.578. The topological polar surface area (TPSA) is 57.7 Å². The van der Waals surface area contributed by atoms with Gasteiger partial charge in [-0.25, -0.2) is 4.98 Å². The van der Waals surface area contributed by atoms with Crippen molar-refractivity contribution in [2.75, 3.05) is 11.4 Å². The van der Waals surface area contributed by atoms with E-state index in [4.69, 9.17) is 4.98 Å². The van der Waals surface area contributed by atoms with Gasteiger partial charge in [0.2, 0.25) is 0 Å². The van der Waals surface area contributed by atoms with Crippen LogP contribution in [0.3, 0.4) is 0 Å². The van der Waals surface area contributed by atoms with E-state index in [9.17, 15) is 0 Å². The van der Waals surface area contributed by atoms with Gasteiger partial charge in [-0.3, -0.25) is 10.1 Å². The molecule has 26 heavy (non-hydrogen) atoms. The highest BCUT2D eigenvalue weighted by atomic mass is 15.1. The van der Waals surface area contributed by atoms with Gasteiger partial charge in [0.15, 0.2) is 0 Å². The minimum Gasteiger partial charge on any atom is -0.341 e. The van der Waals surface area contributed by atoms with E-state index < -0.39 is 0 Å². The molecule has 1 aliphatic rings. The number of fused-ring (bicyclic) bond motifs is 1. The molecule has 1 saturated carbocycles. The Kier molecular flexibility index (Phi) is 3.63. The maximum atomic E-state index is 4.80. The van der Waals surface area contributed by atoms with E-state index in [1.165, 1.54) is 18.5 Å². The molecule has 0 spiro atoms. The van der Waals surface area contributed by atoms with E-state index in [1.807, 2.05) is 6.20 Å². The lowest BCUT2D eigenvalue weighted by Crippen LogP contribution is -2.19. The maximum absolute atomic E-state index is 4.80. The maximum Gasteiger partial charge on any atom is 0.0924 e. The molecule has 1 aliphatic carbocycles. The number of para-hydroxylation sites is 1. The van der Waals surface area contributed by atoms with Crippen molar-refractivity contribution in [3.8, 4) is 11.3 Å². The van der Waals surface area contributed by atoms with Gasteiger partial charge in [-0.15, -0.1) is 0 Å². The monoisotopic (exact) mass is 341 g/mol. The molecule has 0 aliphatic heterocycles. The molecule has 0 radical (unpaired) electrons. The second kappa shape index (κ2) is 6.26. The third-order valence-corrected chi connectivity index (χ3v) is 4.84. The number of nitrogens with one attached hydrogen (secondary N) is 1. The van der Waals surface area contributed by atoms with Gasteiger partial charge in [-0.1, -0.05) is 18.2 Å². The smallest absolute Gasteiger partial charge is 0.0924 e. The van der Waals surface area contributed by atoms with Crippen molar-refractivity contribution in [3.63, 3.8) is 0 Å². The van der Waals surface area contributed by atoms with E-state index in [0.717, 1.165) is 40.4 Å². The molecule has 128 valence electrons. The molecular weight excluding hydrogens is 322 g/mol. The van der Waals surface area contributed by atoms with Crippen molar-refractivity contribution in [3.05, 3.63) is 67.1 Å².